The maximum atomic E-state index is 11.1. The van der Waals surface area contributed by atoms with E-state index in [1.165, 1.54) is 0 Å². The second-order valence-corrected chi connectivity index (χ2v) is 4.80. The first-order valence-electron chi connectivity index (χ1n) is 6.03. The zero-order chi connectivity index (χ0) is 14.1. The van der Waals surface area contributed by atoms with E-state index in [0.717, 1.165) is 21.9 Å². The van der Waals surface area contributed by atoms with Gasteiger partial charge in [0.05, 0.1) is 5.56 Å². The normalized spacial score (nSPS) is 10.7. The minimum absolute atomic E-state index is 0.270. The average Bonchev–Trinajstić information content (AvgIpc) is 2.47. The Labute approximate surface area is 120 Å². The quantitative estimate of drug-likeness (QED) is 0.715. The van der Waals surface area contributed by atoms with Crippen LogP contribution in [0.1, 0.15) is 10.4 Å². The molecular formula is C16H10ClNO2. The van der Waals surface area contributed by atoms with Crippen molar-refractivity contribution in [2.24, 2.45) is 0 Å². The number of aromatic nitrogens is 1. The summed E-state index contributed by atoms with van der Waals surface area (Å²) in [6.07, 6.45) is 1.69. The molecule has 3 rings (SSSR count). The molecule has 1 aromatic heterocycles. The van der Waals surface area contributed by atoms with Gasteiger partial charge in [-0.3, -0.25) is 0 Å². The third-order valence-electron chi connectivity index (χ3n) is 3.17. The highest BCUT2D eigenvalue weighted by atomic mass is 35.5. The topological polar surface area (TPSA) is 50.2 Å². The zero-order valence-electron chi connectivity index (χ0n) is 10.4. The van der Waals surface area contributed by atoms with Gasteiger partial charge in [-0.05, 0) is 40.6 Å². The summed E-state index contributed by atoms with van der Waals surface area (Å²) in [5.41, 5.74) is 2.11. The van der Waals surface area contributed by atoms with E-state index in [9.17, 15) is 4.79 Å². The summed E-state index contributed by atoms with van der Waals surface area (Å²) >= 11 is 5.80. The fourth-order valence-electron chi connectivity index (χ4n) is 2.19. The number of pyridine rings is 1. The van der Waals surface area contributed by atoms with Crippen LogP contribution >= 0.6 is 11.6 Å². The first-order chi connectivity index (χ1) is 9.65. The third kappa shape index (κ3) is 2.24. The molecule has 98 valence electrons. The van der Waals surface area contributed by atoms with Gasteiger partial charge in [-0.15, -0.1) is 0 Å². The fraction of sp³-hybridized carbons (Fsp3) is 0. The first kappa shape index (κ1) is 12.6. The number of rotatable bonds is 2. The molecule has 0 amide bonds. The number of halogens is 1. The van der Waals surface area contributed by atoms with E-state index in [1.54, 1.807) is 24.4 Å². The van der Waals surface area contributed by atoms with Crippen LogP contribution in [0.15, 0.2) is 54.7 Å². The molecule has 1 N–H and O–H groups in total. The van der Waals surface area contributed by atoms with Crippen molar-refractivity contribution in [2.75, 3.05) is 0 Å². The predicted molar refractivity (Wildman–Crippen MR) is 79.1 cm³/mol. The van der Waals surface area contributed by atoms with Crippen LogP contribution in [0.25, 0.3) is 21.9 Å². The highest BCUT2D eigenvalue weighted by molar-refractivity contribution is 6.29. The van der Waals surface area contributed by atoms with E-state index in [4.69, 9.17) is 16.7 Å². The van der Waals surface area contributed by atoms with Crippen LogP contribution in [0.3, 0.4) is 0 Å². The molecule has 0 bridgehead atoms. The van der Waals surface area contributed by atoms with Crippen LogP contribution in [0.5, 0.6) is 0 Å². The second-order valence-electron chi connectivity index (χ2n) is 4.42. The van der Waals surface area contributed by atoms with E-state index in [0.29, 0.717) is 5.15 Å². The number of nitrogens with zero attached hydrogens (tertiary/aromatic N) is 1. The highest BCUT2D eigenvalue weighted by Crippen LogP contribution is 2.29. The minimum atomic E-state index is -0.934. The van der Waals surface area contributed by atoms with Crippen LogP contribution in [-0.2, 0) is 0 Å². The number of aromatic carboxylic acids is 1. The molecule has 0 aliphatic rings. The Bertz CT molecular complexity index is 797. The van der Waals surface area contributed by atoms with Gasteiger partial charge in [0.25, 0.3) is 0 Å². The summed E-state index contributed by atoms with van der Waals surface area (Å²) in [6.45, 7) is 0. The number of fused-ring (bicyclic) bond motifs is 1. The third-order valence-corrected chi connectivity index (χ3v) is 3.39. The lowest BCUT2D eigenvalue weighted by Gasteiger charge is -2.07. The monoisotopic (exact) mass is 283 g/mol. The van der Waals surface area contributed by atoms with Gasteiger partial charge in [0, 0.05) is 11.8 Å². The van der Waals surface area contributed by atoms with E-state index < -0.39 is 5.97 Å². The molecular weight excluding hydrogens is 274 g/mol. The number of hydrogen-bond acceptors (Lipinski definition) is 2. The molecule has 0 aliphatic carbocycles. The number of carbonyl (C=O) groups is 1. The fourth-order valence-corrected chi connectivity index (χ4v) is 2.30. The highest BCUT2D eigenvalue weighted by Gasteiger charge is 2.08. The minimum Gasteiger partial charge on any atom is -0.478 e. The number of carboxylic acid groups (broad SMARTS) is 1. The molecule has 0 spiro atoms. The SMILES string of the molecule is O=C(O)c1ccc2cccc(-c3ccc(Cl)nc3)c2c1. The summed E-state index contributed by atoms with van der Waals surface area (Å²) in [7, 11) is 0. The molecule has 3 nitrogen and oxygen atoms in total. The van der Waals surface area contributed by atoms with Crippen LogP contribution < -0.4 is 0 Å². The summed E-state index contributed by atoms with van der Waals surface area (Å²) in [5.74, 6) is -0.934. The maximum absolute atomic E-state index is 11.1. The molecule has 1 heterocycles. The van der Waals surface area contributed by atoms with E-state index >= 15 is 0 Å². The number of benzene rings is 2. The molecule has 0 saturated carbocycles. The van der Waals surface area contributed by atoms with Gasteiger partial charge in [0.15, 0.2) is 0 Å². The van der Waals surface area contributed by atoms with Crippen LogP contribution in [0, 0.1) is 0 Å². The Morgan fingerprint density at radius 1 is 1.10 bits per heavy atom. The van der Waals surface area contributed by atoms with Crippen molar-refractivity contribution in [3.63, 3.8) is 0 Å². The zero-order valence-corrected chi connectivity index (χ0v) is 11.1. The van der Waals surface area contributed by atoms with Gasteiger partial charge in [-0.25, -0.2) is 9.78 Å². The standard InChI is InChI=1S/C16H10ClNO2/c17-15-7-6-12(9-18-15)13-3-1-2-10-4-5-11(16(19)20)8-14(10)13/h1-9H,(H,19,20). The predicted octanol–water partition coefficient (Wildman–Crippen LogP) is 4.25. The Morgan fingerprint density at radius 2 is 1.95 bits per heavy atom. The van der Waals surface area contributed by atoms with Crippen LogP contribution in [0.2, 0.25) is 5.15 Å². The van der Waals surface area contributed by atoms with E-state index in [2.05, 4.69) is 4.98 Å². The van der Waals surface area contributed by atoms with Crippen molar-refractivity contribution in [1.82, 2.24) is 4.98 Å². The van der Waals surface area contributed by atoms with Crippen molar-refractivity contribution in [3.8, 4) is 11.1 Å². The summed E-state index contributed by atoms with van der Waals surface area (Å²) in [6, 6.07) is 14.5. The molecule has 0 atom stereocenters. The van der Waals surface area contributed by atoms with E-state index in [1.807, 2.05) is 30.3 Å². The lowest BCUT2D eigenvalue weighted by molar-refractivity contribution is 0.0697. The molecule has 0 fully saturated rings. The smallest absolute Gasteiger partial charge is 0.335 e. The number of hydrogen-bond donors (Lipinski definition) is 1. The number of carboxylic acids is 1. The molecule has 0 aliphatic heterocycles. The average molecular weight is 284 g/mol. The second kappa shape index (κ2) is 4.94. The Balaban J connectivity index is 2.26. The van der Waals surface area contributed by atoms with Gasteiger partial charge in [0.2, 0.25) is 0 Å². The van der Waals surface area contributed by atoms with Crippen molar-refractivity contribution >= 4 is 28.3 Å². The first-order valence-corrected chi connectivity index (χ1v) is 6.41. The van der Waals surface area contributed by atoms with Crippen molar-refractivity contribution < 1.29 is 9.90 Å². The molecule has 4 heteroatoms. The van der Waals surface area contributed by atoms with Crippen molar-refractivity contribution in [1.29, 1.82) is 0 Å². The Hall–Kier alpha value is -2.39. The Kier molecular flexibility index (Phi) is 3.12. The van der Waals surface area contributed by atoms with Crippen LogP contribution in [0.4, 0.5) is 0 Å². The van der Waals surface area contributed by atoms with Gasteiger partial charge in [-0.2, -0.15) is 0 Å². The van der Waals surface area contributed by atoms with E-state index in [-0.39, 0.29) is 5.56 Å². The summed E-state index contributed by atoms with van der Waals surface area (Å²) < 4.78 is 0. The van der Waals surface area contributed by atoms with Crippen molar-refractivity contribution in [2.45, 2.75) is 0 Å². The molecule has 2 aromatic carbocycles. The molecule has 0 saturated heterocycles. The van der Waals surface area contributed by atoms with Gasteiger partial charge in [0.1, 0.15) is 5.15 Å². The maximum Gasteiger partial charge on any atom is 0.335 e. The summed E-state index contributed by atoms with van der Waals surface area (Å²) in [4.78, 5) is 15.2. The van der Waals surface area contributed by atoms with Gasteiger partial charge in [-0.1, -0.05) is 35.9 Å². The lowest BCUT2D eigenvalue weighted by atomic mass is 9.98. The van der Waals surface area contributed by atoms with Gasteiger partial charge >= 0.3 is 5.97 Å². The largest absolute Gasteiger partial charge is 0.478 e. The molecule has 0 unspecified atom stereocenters. The summed E-state index contributed by atoms with van der Waals surface area (Å²) in [5, 5.41) is 11.4. The van der Waals surface area contributed by atoms with Gasteiger partial charge < -0.3 is 5.11 Å². The molecule has 3 aromatic rings. The van der Waals surface area contributed by atoms with Crippen molar-refractivity contribution in [3.05, 3.63) is 65.4 Å². The Morgan fingerprint density at radius 3 is 2.65 bits per heavy atom. The molecule has 20 heavy (non-hydrogen) atoms. The molecule has 0 radical (unpaired) electrons. The lowest BCUT2D eigenvalue weighted by Crippen LogP contribution is -1.95. The van der Waals surface area contributed by atoms with Crippen LogP contribution in [-0.4, -0.2) is 16.1 Å².